The molecule has 1 fully saturated rings. The number of carbonyl (C=O) groups excluding carboxylic acids is 1. The van der Waals surface area contributed by atoms with Crippen molar-refractivity contribution in [2.24, 2.45) is 5.92 Å². The van der Waals surface area contributed by atoms with Crippen LogP contribution in [-0.2, 0) is 14.4 Å². The van der Waals surface area contributed by atoms with E-state index in [1.807, 2.05) is 18.3 Å². The number of hydrogen-bond donors (Lipinski definition) is 3. The molecular formula is C25H20F6N4O7. The van der Waals surface area contributed by atoms with Crippen molar-refractivity contribution >= 4 is 29.5 Å². The van der Waals surface area contributed by atoms with Gasteiger partial charge in [0.25, 0.3) is 5.91 Å². The Bertz CT molecular complexity index is 1460. The van der Waals surface area contributed by atoms with Crippen LogP contribution in [0.15, 0.2) is 48.8 Å². The highest BCUT2D eigenvalue weighted by molar-refractivity contribution is 5.94. The molecule has 1 aromatic carbocycles. The molecule has 0 unspecified atom stereocenters. The Labute approximate surface area is 231 Å². The highest BCUT2D eigenvalue weighted by Crippen LogP contribution is 2.23. The molecule has 42 heavy (non-hydrogen) atoms. The van der Waals surface area contributed by atoms with Crippen LogP contribution in [0.25, 0.3) is 16.9 Å². The number of carboxylic acids is 3. The van der Waals surface area contributed by atoms with Gasteiger partial charge in [-0.25, -0.2) is 14.6 Å². The summed E-state index contributed by atoms with van der Waals surface area (Å²) in [5.41, 5.74) is 3.52. The Morgan fingerprint density at radius 3 is 1.76 bits per heavy atom. The molecule has 0 aliphatic carbocycles. The van der Waals surface area contributed by atoms with E-state index in [-0.39, 0.29) is 11.8 Å². The monoisotopic (exact) mass is 602 g/mol. The van der Waals surface area contributed by atoms with Crippen LogP contribution >= 0.6 is 0 Å². The third-order valence-corrected chi connectivity index (χ3v) is 5.62. The fraction of sp³-hybridized carbons (Fsp3) is 0.280. The van der Waals surface area contributed by atoms with Crippen molar-refractivity contribution in [1.82, 2.24) is 14.3 Å². The molecule has 17 heteroatoms. The SMILES string of the molecule is N#Cc1ccc2nc(-c3ccc(C(=O)N4CCC(C(=O)O)CC4)cc3)cn2c1.O=C(O)C(F)(F)F.O=C(O)C(F)(F)F. The molecule has 0 atom stereocenters. The minimum atomic E-state index is -5.08. The molecule has 0 saturated carbocycles. The topological polar surface area (TPSA) is 173 Å². The number of aliphatic carboxylic acids is 3. The molecule has 3 heterocycles. The number of likely N-dealkylation sites (tertiary alicyclic amines) is 1. The van der Waals surface area contributed by atoms with E-state index >= 15 is 0 Å². The zero-order valence-corrected chi connectivity index (χ0v) is 21.1. The van der Waals surface area contributed by atoms with Gasteiger partial charge in [0.2, 0.25) is 0 Å². The lowest BCUT2D eigenvalue weighted by molar-refractivity contribution is -0.193. The summed E-state index contributed by atoms with van der Waals surface area (Å²) in [5, 5.41) is 32.3. The highest BCUT2D eigenvalue weighted by atomic mass is 19.4. The van der Waals surface area contributed by atoms with Gasteiger partial charge in [-0.2, -0.15) is 31.6 Å². The Kier molecular flexibility index (Phi) is 10.6. The third kappa shape index (κ3) is 9.21. The number of fused-ring (bicyclic) bond motifs is 1. The molecule has 224 valence electrons. The first kappa shape index (κ1) is 33.1. The van der Waals surface area contributed by atoms with Crippen LogP contribution in [0.2, 0.25) is 0 Å². The van der Waals surface area contributed by atoms with Crippen LogP contribution in [0.5, 0.6) is 0 Å². The molecule has 0 spiro atoms. The first-order valence-electron chi connectivity index (χ1n) is 11.6. The van der Waals surface area contributed by atoms with Gasteiger partial charge in [0.15, 0.2) is 0 Å². The lowest BCUT2D eigenvalue weighted by Crippen LogP contribution is -2.40. The summed E-state index contributed by atoms with van der Waals surface area (Å²) in [5.74, 6) is -6.74. The van der Waals surface area contributed by atoms with E-state index in [4.69, 9.17) is 30.2 Å². The number of hydrogen-bond acceptors (Lipinski definition) is 6. The van der Waals surface area contributed by atoms with Gasteiger partial charge in [0.05, 0.1) is 17.2 Å². The Morgan fingerprint density at radius 1 is 0.833 bits per heavy atom. The predicted molar refractivity (Wildman–Crippen MR) is 129 cm³/mol. The van der Waals surface area contributed by atoms with Crippen LogP contribution in [0, 0.1) is 17.2 Å². The van der Waals surface area contributed by atoms with Crippen molar-refractivity contribution in [1.29, 1.82) is 5.26 Å². The average molecular weight is 602 g/mol. The smallest absolute Gasteiger partial charge is 0.481 e. The Morgan fingerprint density at radius 2 is 1.33 bits per heavy atom. The summed E-state index contributed by atoms with van der Waals surface area (Å²) in [4.78, 5) is 47.8. The lowest BCUT2D eigenvalue weighted by Gasteiger charge is -2.30. The number of halogens is 6. The molecule has 0 bridgehead atoms. The second kappa shape index (κ2) is 13.5. The highest BCUT2D eigenvalue weighted by Gasteiger charge is 2.38. The van der Waals surface area contributed by atoms with Crippen molar-refractivity contribution in [2.45, 2.75) is 25.2 Å². The quantitative estimate of drug-likeness (QED) is 0.374. The van der Waals surface area contributed by atoms with E-state index in [1.54, 1.807) is 39.8 Å². The number of alkyl halides is 6. The summed E-state index contributed by atoms with van der Waals surface area (Å²) in [7, 11) is 0. The number of rotatable bonds is 3. The van der Waals surface area contributed by atoms with Crippen LogP contribution in [0.1, 0.15) is 28.8 Å². The maximum absolute atomic E-state index is 12.7. The summed E-state index contributed by atoms with van der Waals surface area (Å²) in [6.07, 6.45) is -5.61. The minimum Gasteiger partial charge on any atom is -0.481 e. The Balaban J connectivity index is 0.000000367. The zero-order chi connectivity index (χ0) is 31.8. The van der Waals surface area contributed by atoms with Crippen LogP contribution in [0.3, 0.4) is 0 Å². The summed E-state index contributed by atoms with van der Waals surface area (Å²) in [6, 6.07) is 12.9. The van der Waals surface area contributed by atoms with Gasteiger partial charge in [-0.3, -0.25) is 9.59 Å². The molecule has 11 nitrogen and oxygen atoms in total. The van der Waals surface area contributed by atoms with E-state index in [2.05, 4.69) is 11.1 Å². The fourth-order valence-electron chi connectivity index (χ4n) is 3.49. The number of aromatic nitrogens is 2. The number of nitrogens with zero attached hydrogens (tertiary/aromatic N) is 4. The predicted octanol–water partition coefficient (Wildman–Crippen LogP) is 4.08. The van der Waals surface area contributed by atoms with E-state index in [0.29, 0.717) is 37.1 Å². The summed E-state index contributed by atoms with van der Waals surface area (Å²) in [6.45, 7) is 0.927. The second-order valence-electron chi connectivity index (χ2n) is 8.51. The van der Waals surface area contributed by atoms with Crippen molar-refractivity contribution in [3.05, 3.63) is 59.9 Å². The maximum atomic E-state index is 12.7. The summed E-state index contributed by atoms with van der Waals surface area (Å²) >= 11 is 0. The van der Waals surface area contributed by atoms with Crippen LogP contribution in [0.4, 0.5) is 26.3 Å². The molecule has 2 aromatic heterocycles. The number of carboxylic acid groups (broad SMARTS) is 3. The first-order valence-corrected chi connectivity index (χ1v) is 11.6. The zero-order valence-electron chi connectivity index (χ0n) is 21.1. The lowest BCUT2D eigenvalue weighted by atomic mass is 9.96. The summed E-state index contributed by atoms with van der Waals surface area (Å²) < 4.78 is 65.3. The molecule has 1 saturated heterocycles. The first-order chi connectivity index (χ1) is 19.4. The van der Waals surface area contributed by atoms with Gasteiger partial charge in [0, 0.05) is 36.6 Å². The fourth-order valence-corrected chi connectivity index (χ4v) is 3.49. The van der Waals surface area contributed by atoms with Gasteiger partial charge in [-0.15, -0.1) is 0 Å². The molecule has 1 aliphatic heterocycles. The standard InChI is InChI=1S/C21H18N4O3.2C2HF3O2/c22-11-14-1-6-19-23-18(13-25(19)12-14)15-2-4-16(5-3-15)20(26)24-9-7-17(8-10-24)21(27)28;2*3-2(4,5)1(6)7/h1-6,12-13,17H,7-10H2,(H,27,28);2*(H,6,7). The number of pyridine rings is 1. The molecule has 0 radical (unpaired) electrons. The third-order valence-electron chi connectivity index (χ3n) is 5.62. The van der Waals surface area contributed by atoms with Gasteiger partial charge in [-0.1, -0.05) is 12.1 Å². The molecule has 3 aromatic rings. The number of carbonyl (C=O) groups is 4. The van der Waals surface area contributed by atoms with Crippen molar-refractivity contribution in [3.8, 4) is 17.3 Å². The van der Waals surface area contributed by atoms with E-state index in [1.165, 1.54) is 0 Å². The van der Waals surface area contributed by atoms with Gasteiger partial charge in [-0.05, 0) is 37.1 Å². The minimum absolute atomic E-state index is 0.0796. The molecular weight excluding hydrogens is 582 g/mol. The number of nitriles is 1. The average Bonchev–Trinajstić information content (AvgIpc) is 3.36. The van der Waals surface area contributed by atoms with Gasteiger partial charge < -0.3 is 24.6 Å². The van der Waals surface area contributed by atoms with Crippen LogP contribution in [-0.4, -0.2) is 78.9 Å². The number of piperidine rings is 1. The van der Waals surface area contributed by atoms with Crippen LogP contribution < -0.4 is 0 Å². The molecule has 3 N–H and O–H groups in total. The second-order valence-corrected chi connectivity index (χ2v) is 8.51. The Hall–Kier alpha value is -5.14. The number of benzene rings is 1. The largest absolute Gasteiger partial charge is 0.490 e. The van der Waals surface area contributed by atoms with Crippen molar-refractivity contribution in [2.75, 3.05) is 13.1 Å². The molecule has 1 amide bonds. The number of imidazole rings is 1. The van der Waals surface area contributed by atoms with Gasteiger partial charge in [0.1, 0.15) is 11.7 Å². The molecule has 1 aliphatic rings. The number of amides is 1. The molecule has 4 rings (SSSR count). The van der Waals surface area contributed by atoms with Gasteiger partial charge >= 0.3 is 30.3 Å². The van der Waals surface area contributed by atoms with Crippen molar-refractivity contribution < 1.29 is 60.8 Å². The normalized spacial score (nSPS) is 13.6. The van der Waals surface area contributed by atoms with E-state index in [0.717, 1.165) is 16.9 Å². The van der Waals surface area contributed by atoms with E-state index in [9.17, 15) is 35.9 Å². The van der Waals surface area contributed by atoms with Crippen molar-refractivity contribution in [3.63, 3.8) is 0 Å². The van der Waals surface area contributed by atoms with E-state index < -0.39 is 30.3 Å². The maximum Gasteiger partial charge on any atom is 0.490 e.